The van der Waals surface area contributed by atoms with Crippen molar-refractivity contribution in [1.29, 1.82) is 0 Å². The van der Waals surface area contributed by atoms with Crippen LogP contribution in [0.2, 0.25) is 0 Å². The van der Waals surface area contributed by atoms with Gasteiger partial charge in [0.15, 0.2) is 6.61 Å². The SMILES string of the molecule is CCOC(=O)c1ccc(OCC(=O)N2CCCCC2CC)cc1. The van der Waals surface area contributed by atoms with Gasteiger partial charge < -0.3 is 14.4 Å². The highest BCUT2D eigenvalue weighted by Gasteiger charge is 2.25. The molecule has 126 valence electrons. The summed E-state index contributed by atoms with van der Waals surface area (Å²) < 4.78 is 10.5. The number of nitrogens with zero attached hydrogens (tertiary/aromatic N) is 1. The maximum atomic E-state index is 12.3. The molecule has 1 fully saturated rings. The van der Waals surface area contributed by atoms with E-state index in [2.05, 4.69) is 6.92 Å². The lowest BCUT2D eigenvalue weighted by atomic mass is 10.00. The van der Waals surface area contributed by atoms with E-state index in [1.54, 1.807) is 31.2 Å². The molecular formula is C18H25NO4. The van der Waals surface area contributed by atoms with E-state index in [9.17, 15) is 9.59 Å². The molecule has 0 spiro atoms. The molecule has 0 saturated carbocycles. The van der Waals surface area contributed by atoms with Gasteiger partial charge in [0, 0.05) is 12.6 Å². The second-order valence-electron chi connectivity index (χ2n) is 5.68. The van der Waals surface area contributed by atoms with Crippen LogP contribution in [0.4, 0.5) is 0 Å². The van der Waals surface area contributed by atoms with Crippen molar-refractivity contribution < 1.29 is 19.1 Å². The topological polar surface area (TPSA) is 55.8 Å². The number of benzene rings is 1. The lowest BCUT2D eigenvalue weighted by Crippen LogP contribution is -2.45. The van der Waals surface area contributed by atoms with E-state index >= 15 is 0 Å². The van der Waals surface area contributed by atoms with Gasteiger partial charge in [-0.25, -0.2) is 4.79 Å². The van der Waals surface area contributed by atoms with Gasteiger partial charge >= 0.3 is 5.97 Å². The first-order valence-corrected chi connectivity index (χ1v) is 8.35. The number of ether oxygens (including phenoxy) is 2. The maximum absolute atomic E-state index is 12.3. The highest BCUT2D eigenvalue weighted by molar-refractivity contribution is 5.89. The molecule has 1 heterocycles. The third-order valence-corrected chi connectivity index (χ3v) is 4.15. The van der Waals surface area contributed by atoms with Crippen molar-refractivity contribution in [2.75, 3.05) is 19.8 Å². The molecule has 1 amide bonds. The zero-order valence-corrected chi connectivity index (χ0v) is 13.9. The van der Waals surface area contributed by atoms with E-state index in [4.69, 9.17) is 9.47 Å². The van der Waals surface area contributed by atoms with Crippen LogP contribution in [0.25, 0.3) is 0 Å². The monoisotopic (exact) mass is 319 g/mol. The van der Waals surface area contributed by atoms with Crippen LogP contribution in [0.15, 0.2) is 24.3 Å². The van der Waals surface area contributed by atoms with Crippen molar-refractivity contribution in [3.63, 3.8) is 0 Å². The van der Waals surface area contributed by atoms with Crippen molar-refractivity contribution in [3.8, 4) is 5.75 Å². The van der Waals surface area contributed by atoms with Gasteiger partial charge in [-0.05, 0) is 56.9 Å². The fourth-order valence-corrected chi connectivity index (χ4v) is 2.88. The lowest BCUT2D eigenvalue weighted by molar-refractivity contribution is -0.137. The van der Waals surface area contributed by atoms with Crippen LogP contribution in [0.3, 0.4) is 0 Å². The van der Waals surface area contributed by atoms with E-state index in [1.165, 1.54) is 6.42 Å². The molecule has 1 unspecified atom stereocenters. The maximum Gasteiger partial charge on any atom is 0.338 e. The molecule has 1 aliphatic rings. The van der Waals surface area contributed by atoms with Gasteiger partial charge in [-0.2, -0.15) is 0 Å². The number of likely N-dealkylation sites (tertiary alicyclic amines) is 1. The van der Waals surface area contributed by atoms with Gasteiger partial charge in [0.1, 0.15) is 5.75 Å². The summed E-state index contributed by atoms with van der Waals surface area (Å²) in [6.07, 6.45) is 4.32. The Kier molecular flexibility index (Phi) is 6.44. The van der Waals surface area contributed by atoms with Crippen LogP contribution in [-0.4, -0.2) is 42.6 Å². The minimum Gasteiger partial charge on any atom is -0.484 e. The van der Waals surface area contributed by atoms with E-state index in [1.807, 2.05) is 4.90 Å². The van der Waals surface area contributed by atoms with Crippen molar-refractivity contribution in [1.82, 2.24) is 4.90 Å². The predicted octanol–water partition coefficient (Wildman–Crippen LogP) is 3.03. The number of piperidine rings is 1. The Hall–Kier alpha value is -2.04. The third-order valence-electron chi connectivity index (χ3n) is 4.15. The largest absolute Gasteiger partial charge is 0.484 e. The summed E-state index contributed by atoms with van der Waals surface area (Å²) in [5, 5.41) is 0. The van der Waals surface area contributed by atoms with E-state index in [0.29, 0.717) is 24.0 Å². The average molecular weight is 319 g/mol. The second-order valence-corrected chi connectivity index (χ2v) is 5.68. The molecule has 0 aliphatic carbocycles. The molecule has 0 bridgehead atoms. The number of carbonyl (C=O) groups excluding carboxylic acids is 2. The van der Waals surface area contributed by atoms with Gasteiger partial charge in [-0.1, -0.05) is 6.92 Å². The molecular weight excluding hydrogens is 294 g/mol. The van der Waals surface area contributed by atoms with Crippen LogP contribution >= 0.6 is 0 Å². The van der Waals surface area contributed by atoms with E-state index in [0.717, 1.165) is 25.8 Å². The summed E-state index contributed by atoms with van der Waals surface area (Å²) in [7, 11) is 0. The smallest absolute Gasteiger partial charge is 0.338 e. The first-order valence-electron chi connectivity index (χ1n) is 8.35. The first-order chi connectivity index (χ1) is 11.2. The van der Waals surface area contributed by atoms with Crippen molar-refractivity contribution in [3.05, 3.63) is 29.8 Å². The summed E-state index contributed by atoms with van der Waals surface area (Å²) in [5.74, 6) is 0.261. The van der Waals surface area contributed by atoms with Crippen molar-refractivity contribution >= 4 is 11.9 Å². The van der Waals surface area contributed by atoms with Crippen LogP contribution in [0.1, 0.15) is 49.9 Å². The highest BCUT2D eigenvalue weighted by atomic mass is 16.5. The first kappa shape index (κ1) is 17.3. The second kappa shape index (κ2) is 8.56. The fourth-order valence-electron chi connectivity index (χ4n) is 2.88. The van der Waals surface area contributed by atoms with Gasteiger partial charge in [-0.15, -0.1) is 0 Å². The highest BCUT2D eigenvalue weighted by Crippen LogP contribution is 2.20. The molecule has 1 aromatic carbocycles. The van der Waals surface area contributed by atoms with E-state index < -0.39 is 0 Å². The van der Waals surface area contributed by atoms with Crippen LogP contribution in [0, 0.1) is 0 Å². The summed E-state index contributed by atoms with van der Waals surface area (Å²) in [6, 6.07) is 7.01. The molecule has 0 N–H and O–H groups in total. The summed E-state index contributed by atoms with van der Waals surface area (Å²) in [5.41, 5.74) is 0.479. The zero-order chi connectivity index (χ0) is 16.7. The number of amides is 1. The molecule has 5 heteroatoms. The molecule has 5 nitrogen and oxygen atoms in total. The Bertz CT molecular complexity index is 526. The van der Waals surface area contributed by atoms with Crippen molar-refractivity contribution in [2.24, 2.45) is 0 Å². The molecule has 0 radical (unpaired) electrons. The van der Waals surface area contributed by atoms with Gasteiger partial charge in [-0.3, -0.25) is 4.79 Å². The number of carbonyl (C=O) groups is 2. The third kappa shape index (κ3) is 4.71. The molecule has 23 heavy (non-hydrogen) atoms. The Morgan fingerprint density at radius 2 is 1.91 bits per heavy atom. The number of rotatable bonds is 6. The van der Waals surface area contributed by atoms with Gasteiger partial charge in [0.25, 0.3) is 5.91 Å². The van der Waals surface area contributed by atoms with Crippen molar-refractivity contribution in [2.45, 2.75) is 45.6 Å². The standard InChI is InChI=1S/C18H25NO4/c1-3-15-7-5-6-12-19(15)17(20)13-23-16-10-8-14(9-11-16)18(21)22-4-2/h8-11,15H,3-7,12-13H2,1-2H3. The molecule has 1 aromatic rings. The zero-order valence-electron chi connectivity index (χ0n) is 13.9. The Morgan fingerprint density at radius 1 is 1.17 bits per heavy atom. The molecule has 1 saturated heterocycles. The van der Waals surface area contributed by atoms with Crippen LogP contribution < -0.4 is 4.74 Å². The molecule has 1 aliphatic heterocycles. The Labute approximate surface area is 137 Å². The lowest BCUT2D eigenvalue weighted by Gasteiger charge is -2.35. The van der Waals surface area contributed by atoms with Gasteiger partial charge in [0.05, 0.1) is 12.2 Å². The minimum atomic E-state index is -0.353. The average Bonchev–Trinajstić information content (AvgIpc) is 2.60. The quantitative estimate of drug-likeness (QED) is 0.756. The summed E-state index contributed by atoms with van der Waals surface area (Å²) >= 11 is 0. The van der Waals surface area contributed by atoms with Crippen LogP contribution in [-0.2, 0) is 9.53 Å². The fraction of sp³-hybridized carbons (Fsp3) is 0.556. The molecule has 2 rings (SSSR count). The molecule has 0 aromatic heterocycles. The Balaban J connectivity index is 1.87. The minimum absolute atomic E-state index is 0.0334. The summed E-state index contributed by atoms with van der Waals surface area (Å²) in [6.45, 7) is 5.09. The number of esters is 1. The molecule has 1 atom stereocenters. The van der Waals surface area contributed by atoms with E-state index in [-0.39, 0.29) is 18.5 Å². The predicted molar refractivity (Wildman–Crippen MR) is 87.5 cm³/mol. The summed E-state index contributed by atoms with van der Waals surface area (Å²) in [4.78, 5) is 25.8. The Morgan fingerprint density at radius 3 is 2.57 bits per heavy atom. The van der Waals surface area contributed by atoms with Gasteiger partial charge in [0.2, 0.25) is 0 Å². The van der Waals surface area contributed by atoms with Crippen LogP contribution in [0.5, 0.6) is 5.75 Å². The normalized spacial score (nSPS) is 17.7. The number of hydrogen-bond donors (Lipinski definition) is 0. The number of hydrogen-bond acceptors (Lipinski definition) is 4.